The van der Waals surface area contributed by atoms with Crippen LogP contribution in [0.3, 0.4) is 0 Å². The molecule has 0 radical (unpaired) electrons. The standard InChI is InChI=1S/C79H154O17P2/c1-8-9-10-11-12-13-31-39-46-53-60-76(81)89-67-75(96-79(84)63-56-49-42-35-34-38-45-52-59-72(6)7)69-94-98(87,88)92-65-73(80)64-91-97(85,86)93-68-74(66-90-77(82)61-54-47-40-32-27-23-20-16-18-22-26-30-37-44-51-58-71(4)5)95-78(83)62-55-48-41-33-28-24-19-15-14-17-21-25-29-36-43-50-57-70(2)3/h70-75,80H,8-69H2,1-7H3,(H,85,86)(H,87,88)/t73-,74-,75-/m1/s1. The molecule has 582 valence electrons. The minimum atomic E-state index is -4.96. The van der Waals surface area contributed by atoms with Crippen molar-refractivity contribution >= 4 is 39.5 Å². The fraction of sp³-hybridized carbons (Fsp3) is 0.949. The second-order valence-corrected chi connectivity index (χ2v) is 32.8. The van der Waals surface area contributed by atoms with Crippen molar-refractivity contribution in [1.82, 2.24) is 0 Å². The molecule has 0 aromatic carbocycles. The summed E-state index contributed by atoms with van der Waals surface area (Å²) in [7, 11) is -9.91. The van der Waals surface area contributed by atoms with Crippen LogP contribution in [0.2, 0.25) is 0 Å². The molecule has 0 saturated carbocycles. The number of carbonyl (C=O) groups is 4. The predicted octanol–water partition coefficient (Wildman–Crippen LogP) is 23.4. The zero-order valence-corrected chi connectivity index (χ0v) is 66.0. The number of carbonyl (C=O) groups excluding carboxylic acids is 4. The minimum Gasteiger partial charge on any atom is -0.462 e. The number of aliphatic hydroxyl groups excluding tert-OH is 1. The van der Waals surface area contributed by atoms with Gasteiger partial charge in [0, 0.05) is 25.7 Å². The molecule has 0 rings (SSSR count). The number of rotatable bonds is 77. The van der Waals surface area contributed by atoms with Crippen LogP contribution < -0.4 is 0 Å². The van der Waals surface area contributed by atoms with Gasteiger partial charge < -0.3 is 33.8 Å². The highest BCUT2D eigenvalue weighted by Crippen LogP contribution is 2.45. The van der Waals surface area contributed by atoms with Gasteiger partial charge in [-0.05, 0) is 43.4 Å². The zero-order chi connectivity index (χ0) is 72.3. The van der Waals surface area contributed by atoms with Gasteiger partial charge in [0.1, 0.15) is 19.3 Å². The van der Waals surface area contributed by atoms with E-state index in [0.717, 1.165) is 108 Å². The van der Waals surface area contributed by atoms with Crippen molar-refractivity contribution in [3.05, 3.63) is 0 Å². The van der Waals surface area contributed by atoms with E-state index in [1.165, 1.54) is 218 Å². The Kier molecular flexibility index (Phi) is 68.1. The van der Waals surface area contributed by atoms with Gasteiger partial charge in [-0.25, -0.2) is 9.13 Å². The molecular formula is C79H154O17P2. The number of ether oxygens (including phenoxy) is 4. The molecule has 0 aliphatic carbocycles. The summed E-state index contributed by atoms with van der Waals surface area (Å²) in [6.45, 7) is 11.9. The summed E-state index contributed by atoms with van der Waals surface area (Å²) >= 11 is 0. The summed E-state index contributed by atoms with van der Waals surface area (Å²) in [6, 6.07) is 0. The second kappa shape index (κ2) is 69.4. The van der Waals surface area contributed by atoms with E-state index in [1.54, 1.807) is 0 Å². The van der Waals surface area contributed by atoms with Crippen LogP contribution in [-0.4, -0.2) is 96.7 Å². The number of hydrogen-bond donors (Lipinski definition) is 3. The topological polar surface area (TPSA) is 237 Å². The van der Waals surface area contributed by atoms with Gasteiger partial charge in [0.05, 0.1) is 26.4 Å². The van der Waals surface area contributed by atoms with Crippen molar-refractivity contribution in [2.75, 3.05) is 39.6 Å². The molecule has 5 atom stereocenters. The SMILES string of the molecule is CCCCCCCCCCCCC(=O)OC[C@H](COP(=O)(O)OC[C@H](O)COP(=O)(O)OC[C@@H](COC(=O)CCCCCCCCCCCCCCCCCC(C)C)OC(=O)CCCCCCCCCCCCCCCCCCC(C)C)OC(=O)CCCCCCCCCCC(C)C. The summed E-state index contributed by atoms with van der Waals surface area (Å²) in [5, 5.41) is 10.6. The van der Waals surface area contributed by atoms with Gasteiger partial charge in [-0.3, -0.25) is 37.3 Å². The number of esters is 4. The van der Waals surface area contributed by atoms with E-state index < -0.39 is 97.5 Å². The molecule has 0 aromatic heterocycles. The Morgan fingerprint density at radius 1 is 0.276 bits per heavy atom. The Hall–Kier alpha value is -1.94. The fourth-order valence-corrected chi connectivity index (χ4v) is 13.7. The van der Waals surface area contributed by atoms with Crippen LogP contribution >= 0.6 is 15.6 Å². The molecule has 98 heavy (non-hydrogen) atoms. The van der Waals surface area contributed by atoms with Crippen LogP contribution in [0.5, 0.6) is 0 Å². The maximum Gasteiger partial charge on any atom is 0.472 e. The second-order valence-electron chi connectivity index (χ2n) is 29.9. The van der Waals surface area contributed by atoms with Crippen molar-refractivity contribution in [2.45, 2.75) is 426 Å². The van der Waals surface area contributed by atoms with Crippen molar-refractivity contribution in [2.24, 2.45) is 17.8 Å². The lowest BCUT2D eigenvalue weighted by atomic mass is 10.0. The smallest absolute Gasteiger partial charge is 0.462 e. The molecular weight excluding hydrogens is 1280 g/mol. The number of phosphoric ester groups is 2. The lowest BCUT2D eigenvalue weighted by molar-refractivity contribution is -0.161. The van der Waals surface area contributed by atoms with Crippen molar-refractivity contribution < 1.29 is 80.2 Å². The molecule has 2 unspecified atom stereocenters. The third-order valence-corrected chi connectivity index (χ3v) is 20.3. The van der Waals surface area contributed by atoms with Crippen molar-refractivity contribution in [1.29, 1.82) is 0 Å². The van der Waals surface area contributed by atoms with E-state index in [4.69, 9.17) is 37.0 Å². The molecule has 19 heteroatoms. The number of hydrogen-bond acceptors (Lipinski definition) is 15. The maximum absolute atomic E-state index is 13.1. The number of aliphatic hydroxyl groups is 1. The fourth-order valence-electron chi connectivity index (χ4n) is 12.1. The van der Waals surface area contributed by atoms with Crippen LogP contribution in [0, 0.1) is 17.8 Å². The average Bonchev–Trinajstić information content (AvgIpc) is 0.971. The molecule has 0 heterocycles. The lowest BCUT2D eigenvalue weighted by Gasteiger charge is -2.21. The van der Waals surface area contributed by atoms with Gasteiger partial charge in [-0.15, -0.1) is 0 Å². The van der Waals surface area contributed by atoms with Crippen LogP contribution in [0.4, 0.5) is 0 Å². The van der Waals surface area contributed by atoms with Gasteiger partial charge in [-0.1, -0.05) is 357 Å². The molecule has 0 aromatic rings. The number of phosphoric acid groups is 2. The highest BCUT2D eigenvalue weighted by atomic mass is 31.2. The molecule has 0 aliphatic heterocycles. The molecule has 3 N–H and O–H groups in total. The zero-order valence-electron chi connectivity index (χ0n) is 64.3. The Labute approximate surface area is 600 Å². The van der Waals surface area contributed by atoms with Gasteiger partial charge in [-0.2, -0.15) is 0 Å². The van der Waals surface area contributed by atoms with Crippen LogP contribution in [0.15, 0.2) is 0 Å². The monoisotopic (exact) mass is 1440 g/mol. The summed E-state index contributed by atoms with van der Waals surface area (Å²) in [6.07, 6.45) is 56.9. The van der Waals surface area contributed by atoms with Gasteiger partial charge in [0.2, 0.25) is 0 Å². The first kappa shape index (κ1) is 96.1. The van der Waals surface area contributed by atoms with Crippen molar-refractivity contribution in [3.8, 4) is 0 Å². The van der Waals surface area contributed by atoms with E-state index in [1.807, 2.05) is 0 Å². The summed E-state index contributed by atoms with van der Waals surface area (Å²) in [5.74, 6) is 0.219. The third kappa shape index (κ3) is 72.4. The van der Waals surface area contributed by atoms with Crippen LogP contribution in [0.1, 0.15) is 408 Å². The van der Waals surface area contributed by atoms with E-state index in [0.29, 0.717) is 25.7 Å². The molecule has 17 nitrogen and oxygen atoms in total. The van der Waals surface area contributed by atoms with Gasteiger partial charge in [0.15, 0.2) is 12.2 Å². The maximum atomic E-state index is 13.1. The minimum absolute atomic E-state index is 0.105. The largest absolute Gasteiger partial charge is 0.472 e. The Bertz CT molecular complexity index is 1900. The van der Waals surface area contributed by atoms with Crippen LogP contribution in [0.25, 0.3) is 0 Å². The van der Waals surface area contributed by atoms with Gasteiger partial charge in [0.25, 0.3) is 0 Å². The van der Waals surface area contributed by atoms with Crippen molar-refractivity contribution in [3.63, 3.8) is 0 Å². The lowest BCUT2D eigenvalue weighted by Crippen LogP contribution is -2.30. The Balaban J connectivity index is 5.22. The molecule has 0 fully saturated rings. The summed E-state index contributed by atoms with van der Waals surface area (Å²) in [5.41, 5.74) is 0. The van der Waals surface area contributed by atoms with E-state index in [2.05, 4.69) is 48.5 Å². The molecule has 0 bridgehead atoms. The highest BCUT2D eigenvalue weighted by molar-refractivity contribution is 7.47. The normalized spacial score (nSPS) is 14.0. The first-order valence-electron chi connectivity index (χ1n) is 40.8. The molecule has 0 aliphatic rings. The molecule has 0 saturated heterocycles. The number of unbranched alkanes of at least 4 members (excludes halogenated alkanes) is 45. The summed E-state index contributed by atoms with van der Waals surface area (Å²) < 4.78 is 68.6. The predicted molar refractivity (Wildman–Crippen MR) is 400 cm³/mol. The van der Waals surface area contributed by atoms with Gasteiger partial charge >= 0.3 is 39.5 Å². The first-order chi connectivity index (χ1) is 47.2. The Morgan fingerprint density at radius 2 is 0.469 bits per heavy atom. The third-order valence-electron chi connectivity index (χ3n) is 18.4. The molecule has 0 spiro atoms. The van der Waals surface area contributed by atoms with E-state index in [-0.39, 0.29) is 25.7 Å². The van der Waals surface area contributed by atoms with E-state index >= 15 is 0 Å². The highest BCUT2D eigenvalue weighted by Gasteiger charge is 2.30. The quantitative estimate of drug-likeness (QED) is 0.0222. The Morgan fingerprint density at radius 3 is 0.694 bits per heavy atom. The van der Waals surface area contributed by atoms with E-state index in [9.17, 15) is 43.2 Å². The first-order valence-corrected chi connectivity index (χ1v) is 43.8. The van der Waals surface area contributed by atoms with Crippen LogP contribution in [-0.2, 0) is 65.4 Å². The molecule has 0 amide bonds. The summed E-state index contributed by atoms with van der Waals surface area (Å²) in [4.78, 5) is 72.9. The average molecular weight is 1440 g/mol.